The lowest BCUT2D eigenvalue weighted by Gasteiger charge is -2.29. The van der Waals surface area contributed by atoms with Gasteiger partial charge in [-0.15, -0.1) is 5.10 Å². The molecule has 1 fully saturated rings. The van der Waals surface area contributed by atoms with Crippen molar-refractivity contribution in [1.82, 2.24) is 15.2 Å². The van der Waals surface area contributed by atoms with E-state index in [4.69, 9.17) is 5.73 Å². The summed E-state index contributed by atoms with van der Waals surface area (Å²) in [5.74, 6) is 0.929. The normalized spacial score (nSPS) is 19.7. The molecule has 2 aromatic rings. The van der Waals surface area contributed by atoms with Crippen LogP contribution in [0.3, 0.4) is 0 Å². The summed E-state index contributed by atoms with van der Waals surface area (Å²) >= 11 is 0. The molecule has 5 nitrogen and oxygen atoms in total. The van der Waals surface area contributed by atoms with E-state index in [9.17, 15) is 4.39 Å². The van der Waals surface area contributed by atoms with E-state index in [2.05, 4.69) is 20.1 Å². The molecule has 6 heteroatoms. The topological polar surface area (TPSA) is 70.8 Å². The predicted molar refractivity (Wildman–Crippen MR) is 71.2 cm³/mol. The molecule has 1 aromatic heterocycles. The zero-order valence-corrected chi connectivity index (χ0v) is 10.5. The number of hydrogen-bond donors (Lipinski definition) is 2. The first-order chi connectivity index (χ1) is 9.22. The van der Waals surface area contributed by atoms with Gasteiger partial charge in [0.1, 0.15) is 5.82 Å². The average molecular weight is 261 g/mol. The summed E-state index contributed by atoms with van der Waals surface area (Å²) in [6.45, 7) is 1.68. The Morgan fingerprint density at radius 2 is 2.32 bits per heavy atom. The molecule has 2 heterocycles. The van der Waals surface area contributed by atoms with Gasteiger partial charge in [-0.2, -0.15) is 4.98 Å². The van der Waals surface area contributed by atoms with E-state index in [-0.39, 0.29) is 11.9 Å². The third kappa shape index (κ3) is 2.58. The van der Waals surface area contributed by atoms with Crippen LogP contribution in [-0.2, 0) is 0 Å². The van der Waals surface area contributed by atoms with Crippen LogP contribution in [0.15, 0.2) is 24.3 Å². The van der Waals surface area contributed by atoms with Crippen molar-refractivity contribution >= 4 is 5.95 Å². The van der Waals surface area contributed by atoms with E-state index in [1.54, 1.807) is 12.1 Å². The summed E-state index contributed by atoms with van der Waals surface area (Å²) in [4.78, 5) is 6.48. The van der Waals surface area contributed by atoms with Crippen molar-refractivity contribution in [2.45, 2.75) is 18.9 Å². The van der Waals surface area contributed by atoms with Crippen molar-refractivity contribution in [3.05, 3.63) is 30.1 Å². The predicted octanol–water partition coefficient (Wildman–Crippen LogP) is 1.54. The first-order valence-corrected chi connectivity index (χ1v) is 6.41. The van der Waals surface area contributed by atoms with Crippen LogP contribution in [0.4, 0.5) is 10.3 Å². The second kappa shape index (κ2) is 4.97. The van der Waals surface area contributed by atoms with Crippen molar-refractivity contribution in [3.8, 4) is 11.4 Å². The van der Waals surface area contributed by atoms with Crippen LogP contribution in [-0.4, -0.2) is 34.3 Å². The minimum Gasteiger partial charge on any atom is -0.338 e. The number of halogens is 1. The van der Waals surface area contributed by atoms with Gasteiger partial charge in [0.25, 0.3) is 0 Å². The fourth-order valence-corrected chi connectivity index (χ4v) is 2.35. The Kier molecular flexibility index (Phi) is 3.16. The summed E-state index contributed by atoms with van der Waals surface area (Å²) in [7, 11) is 0. The van der Waals surface area contributed by atoms with Crippen molar-refractivity contribution in [1.29, 1.82) is 0 Å². The molecule has 3 N–H and O–H groups in total. The molecule has 0 amide bonds. The fraction of sp³-hybridized carbons (Fsp3) is 0.385. The quantitative estimate of drug-likeness (QED) is 0.860. The van der Waals surface area contributed by atoms with E-state index in [0.717, 1.165) is 25.9 Å². The lowest BCUT2D eigenvalue weighted by molar-refractivity contribution is 0.500. The Balaban J connectivity index is 1.83. The van der Waals surface area contributed by atoms with Crippen LogP contribution in [0.1, 0.15) is 12.8 Å². The molecule has 1 aliphatic heterocycles. The van der Waals surface area contributed by atoms with Gasteiger partial charge < -0.3 is 10.6 Å². The highest BCUT2D eigenvalue weighted by molar-refractivity contribution is 5.56. The number of anilines is 1. The summed E-state index contributed by atoms with van der Waals surface area (Å²) in [6.07, 6.45) is 2.09. The average Bonchev–Trinajstić information content (AvgIpc) is 2.88. The SMILES string of the molecule is NC1CCCN(c2n[nH]c(-c3cccc(F)c3)n2)C1. The molecule has 1 atom stereocenters. The molecule has 0 saturated carbocycles. The zero-order valence-electron chi connectivity index (χ0n) is 10.5. The summed E-state index contributed by atoms with van der Waals surface area (Å²) in [5.41, 5.74) is 6.64. The van der Waals surface area contributed by atoms with Gasteiger partial charge in [0.05, 0.1) is 0 Å². The van der Waals surface area contributed by atoms with Gasteiger partial charge in [-0.1, -0.05) is 12.1 Å². The van der Waals surface area contributed by atoms with Gasteiger partial charge in [0.15, 0.2) is 5.82 Å². The summed E-state index contributed by atoms with van der Waals surface area (Å²) in [5, 5.41) is 7.04. The Labute approximate surface area is 110 Å². The van der Waals surface area contributed by atoms with Crippen LogP contribution in [0, 0.1) is 5.82 Å². The second-order valence-electron chi connectivity index (χ2n) is 4.84. The smallest absolute Gasteiger partial charge is 0.245 e. The highest BCUT2D eigenvalue weighted by Crippen LogP contribution is 2.20. The van der Waals surface area contributed by atoms with Crippen molar-refractivity contribution in [2.24, 2.45) is 5.73 Å². The van der Waals surface area contributed by atoms with Crippen molar-refractivity contribution < 1.29 is 4.39 Å². The van der Waals surface area contributed by atoms with Crippen LogP contribution in [0.2, 0.25) is 0 Å². The lowest BCUT2D eigenvalue weighted by atomic mass is 10.1. The number of nitrogens with two attached hydrogens (primary N) is 1. The van der Waals surface area contributed by atoms with Crippen molar-refractivity contribution in [2.75, 3.05) is 18.0 Å². The van der Waals surface area contributed by atoms with Gasteiger partial charge >= 0.3 is 0 Å². The van der Waals surface area contributed by atoms with E-state index >= 15 is 0 Å². The third-order valence-electron chi connectivity index (χ3n) is 3.31. The minimum absolute atomic E-state index is 0.171. The number of H-pyrrole nitrogens is 1. The van der Waals surface area contributed by atoms with E-state index in [1.165, 1.54) is 12.1 Å². The maximum atomic E-state index is 13.2. The maximum Gasteiger partial charge on any atom is 0.245 e. The first kappa shape index (κ1) is 12.1. The highest BCUT2D eigenvalue weighted by atomic mass is 19.1. The molecule has 0 spiro atoms. The Hall–Kier alpha value is -1.95. The van der Waals surface area contributed by atoms with Gasteiger partial charge in [-0.05, 0) is 25.0 Å². The molecule has 0 aliphatic carbocycles. The molecule has 1 aliphatic rings. The van der Waals surface area contributed by atoms with E-state index in [1.807, 2.05) is 0 Å². The largest absolute Gasteiger partial charge is 0.338 e. The van der Waals surface area contributed by atoms with Gasteiger partial charge in [-0.25, -0.2) is 4.39 Å². The second-order valence-corrected chi connectivity index (χ2v) is 4.84. The number of piperidine rings is 1. The van der Waals surface area contributed by atoms with E-state index < -0.39 is 0 Å². The van der Waals surface area contributed by atoms with Gasteiger partial charge in [0, 0.05) is 24.7 Å². The number of rotatable bonds is 2. The molecule has 1 saturated heterocycles. The Bertz CT molecular complexity index is 568. The van der Waals surface area contributed by atoms with Gasteiger partial charge in [-0.3, -0.25) is 5.10 Å². The molecule has 0 bridgehead atoms. The van der Waals surface area contributed by atoms with Crippen LogP contribution in [0.25, 0.3) is 11.4 Å². The number of nitrogens with zero attached hydrogens (tertiary/aromatic N) is 3. The molecule has 1 unspecified atom stereocenters. The fourth-order valence-electron chi connectivity index (χ4n) is 2.35. The Morgan fingerprint density at radius 3 is 3.11 bits per heavy atom. The summed E-state index contributed by atoms with van der Waals surface area (Å²) < 4.78 is 13.2. The molecule has 1 aromatic carbocycles. The number of benzene rings is 1. The molecular formula is C13H16FN5. The zero-order chi connectivity index (χ0) is 13.2. The molecule has 3 rings (SSSR count). The summed E-state index contributed by atoms with van der Waals surface area (Å²) in [6, 6.07) is 6.47. The van der Waals surface area contributed by atoms with E-state index in [0.29, 0.717) is 17.3 Å². The molecule has 100 valence electrons. The monoisotopic (exact) mass is 261 g/mol. The van der Waals surface area contributed by atoms with Crippen LogP contribution >= 0.6 is 0 Å². The number of aromatic nitrogens is 3. The molecule has 19 heavy (non-hydrogen) atoms. The number of nitrogens with one attached hydrogen (secondary N) is 1. The third-order valence-corrected chi connectivity index (χ3v) is 3.31. The van der Waals surface area contributed by atoms with Crippen LogP contribution in [0.5, 0.6) is 0 Å². The standard InChI is InChI=1S/C13H16FN5/c14-10-4-1-3-9(7-10)12-16-13(18-17-12)19-6-2-5-11(15)8-19/h1,3-4,7,11H,2,5-6,8,15H2,(H,16,17,18). The first-order valence-electron chi connectivity index (χ1n) is 6.41. The molecule has 0 radical (unpaired) electrons. The number of aromatic amines is 1. The maximum absolute atomic E-state index is 13.2. The Morgan fingerprint density at radius 1 is 1.42 bits per heavy atom. The highest BCUT2D eigenvalue weighted by Gasteiger charge is 2.20. The van der Waals surface area contributed by atoms with Crippen LogP contribution < -0.4 is 10.6 Å². The van der Waals surface area contributed by atoms with Crippen molar-refractivity contribution in [3.63, 3.8) is 0 Å². The van der Waals surface area contributed by atoms with Gasteiger partial charge in [0.2, 0.25) is 5.95 Å². The number of hydrogen-bond acceptors (Lipinski definition) is 4. The lowest BCUT2D eigenvalue weighted by Crippen LogP contribution is -2.43. The molecular weight excluding hydrogens is 245 g/mol. The minimum atomic E-state index is -0.282.